The van der Waals surface area contributed by atoms with Crippen LogP contribution in [-0.2, 0) is 4.74 Å². The first-order chi connectivity index (χ1) is 9.10. The van der Waals surface area contributed by atoms with Gasteiger partial charge in [0.1, 0.15) is 6.10 Å². The number of nitrogens with zero attached hydrogens (tertiary/aromatic N) is 2. The van der Waals surface area contributed by atoms with Gasteiger partial charge in [0.15, 0.2) is 5.65 Å². The molecule has 2 rings (SSSR count). The minimum absolute atomic E-state index is 0.101. The van der Waals surface area contributed by atoms with Crippen molar-refractivity contribution in [2.45, 2.75) is 33.3 Å². The summed E-state index contributed by atoms with van der Waals surface area (Å²) in [5, 5.41) is 3.60. The van der Waals surface area contributed by atoms with Crippen LogP contribution in [0.15, 0.2) is 24.4 Å². The van der Waals surface area contributed by atoms with Gasteiger partial charge in [0.05, 0.1) is 11.4 Å². The molecule has 19 heavy (non-hydrogen) atoms. The molecule has 5 nitrogen and oxygen atoms in total. The Morgan fingerprint density at radius 2 is 2.32 bits per heavy atom. The van der Waals surface area contributed by atoms with Gasteiger partial charge in [-0.25, -0.2) is 14.8 Å². The summed E-state index contributed by atoms with van der Waals surface area (Å²) in [5.74, 6) is 0. The second kappa shape index (κ2) is 5.65. The van der Waals surface area contributed by atoms with Crippen LogP contribution in [0.4, 0.5) is 10.5 Å². The average Bonchev–Trinajstić information content (AvgIpc) is 2.39. The SMILES string of the molecule is CCC(C)OC(=O)Nc1cc2cccnc2nc1C. The number of pyridine rings is 2. The van der Waals surface area contributed by atoms with Crippen LogP contribution in [0.3, 0.4) is 0 Å². The van der Waals surface area contributed by atoms with Crippen LogP contribution < -0.4 is 5.32 Å². The number of ether oxygens (including phenoxy) is 1. The Balaban J connectivity index is 2.20. The number of nitrogens with one attached hydrogen (secondary N) is 1. The number of hydrogen-bond acceptors (Lipinski definition) is 4. The van der Waals surface area contributed by atoms with Crippen LogP contribution in [0.1, 0.15) is 26.0 Å². The number of fused-ring (bicyclic) bond motifs is 1. The summed E-state index contributed by atoms with van der Waals surface area (Å²) in [7, 11) is 0. The molecule has 0 saturated carbocycles. The van der Waals surface area contributed by atoms with Gasteiger partial charge < -0.3 is 4.74 Å². The fraction of sp³-hybridized carbons (Fsp3) is 0.357. The van der Waals surface area contributed by atoms with Gasteiger partial charge in [-0.2, -0.15) is 0 Å². The lowest BCUT2D eigenvalue weighted by Crippen LogP contribution is -2.20. The van der Waals surface area contributed by atoms with Crippen LogP contribution in [-0.4, -0.2) is 22.2 Å². The molecule has 100 valence electrons. The molecule has 5 heteroatoms. The molecule has 1 amide bonds. The quantitative estimate of drug-likeness (QED) is 0.918. The molecule has 2 heterocycles. The van der Waals surface area contributed by atoms with Crippen molar-refractivity contribution in [1.82, 2.24) is 9.97 Å². The first kappa shape index (κ1) is 13.3. The number of carbonyl (C=O) groups excluding carboxylic acids is 1. The zero-order valence-corrected chi connectivity index (χ0v) is 11.3. The number of amides is 1. The van der Waals surface area contributed by atoms with Gasteiger partial charge in [-0.3, -0.25) is 5.32 Å². The summed E-state index contributed by atoms with van der Waals surface area (Å²) in [5.41, 5.74) is 2.03. The third-order valence-electron chi connectivity index (χ3n) is 2.90. The van der Waals surface area contributed by atoms with Crippen molar-refractivity contribution in [2.24, 2.45) is 0 Å². The smallest absolute Gasteiger partial charge is 0.411 e. The number of anilines is 1. The van der Waals surface area contributed by atoms with Gasteiger partial charge in [0.25, 0.3) is 0 Å². The summed E-state index contributed by atoms with van der Waals surface area (Å²) >= 11 is 0. The van der Waals surface area contributed by atoms with E-state index in [0.29, 0.717) is 17.0 Å². The van der Waals surface area contributed by atoms with Gasteiger partial charge in [-0.1, -0.05) is 6.92 Å². The molecule has 2 aromatic rings. The third kappa shape index (κ3) is 3.19. The summed E-state index contributed by atoms with van der Waals surface area (Å²) in [6.07, 6.45) is 1.92. The lowest BCUT2D eigenvalue weighted by molar-refractivity contribution is 0.118. The van der Waals surface area contributed by atoms with Crippen molar-refractivity contribution < 1.29 is 9.53 Å². The Hall–Kier alpha value is -2.17. The molecule has 1 unspecified atom stereocenters. The van der Waals surface area contributed by atoms with Crippen molar-refractivity contribution in [2.75, 3.05) is 5.32 Å². The minimum Gasteiger partial charge on any atom is -0.446 e. The molecular weight excluding hydrogens is 242 g/mol. The molecule has 0 spiro atoms. The molecule has 1 N–H and O–H groups in total. The number of rotatable bonds is 3. The van der Waals surface area contributed by atoms with Gasteiger partial charge in [-0.15, -0.1) is 0 Å². The van der Waals surface area contributed by atoms with Crippen molar-refractivity contribution in [3.05, 3.63) is 30.1 Å². The highest BCUT2D eigenvalue weighted by atomic mass is 16.6. The Morgan fingerprint density at radius 3 is 3.05 bits per heavy atom. The highest BCUT2D eigenvalue weighted by molar-refractivity contribution is 5.89. The maximum atomic E-state index is 11.7. The van der Waals surface area contributed by atoms with Gasteiger partial charge in [-0.05, 0) is 38.5 Å². The number of aromatic nitrogens is 2. The zero-order valence-electron chi connectivity index (χ0n) is 11.3. The van der Waals surface area contributed by atoms with Crippen molar-refractivity contribution in [1.29, 1.82) is 0 Å². The number of hydrogen-bond donors (Lipinski definition) is 1. The molecule has 1 atom stereocenters. The Kier molecular flexibility index (Phi) is 3.94. The van der Waals surface area contributed by atoms with Crippen LogP contribution in [0.5, 0.6) is 0 Å². The van der Waals surface area contributed by atoms with E-state index < -0.39 is 6.09 Å². The lowest BCUT2D eigenvalue weighted by atomic mass is 10.2. The molecule has 2 aromatic heterocycles. The van der Waals surface area contributed by atoms with E-state index in [9.17, 15) is 4.79 Å². The monoisotopic (exact) mass is 259 g/mol. The molecule has 0 bridgehead atoms. The summed E-state index contributed by atoms with van der Waals surface area (Å²) in [4.78, 5) is 20.2. The van der Waals surface area contributed by atoms with Crippen molar-refractivity contribution in [3.63, 3.8) is 0 Å². The van der Waals surface area contributed by atoms with Crippen LogP contribution >= 0.6 is 0 Å². The van der Waals surface area contributed by atoms with Crippen molar-refractivity contribution in [3.8, 4) is 0 Å². The first-order valence-electron chi connectivity index (χ1n) is 6.30. The largest absolute Gasteiger partial charge is 0.446 e. The second-order valence-electron chi connectivity index (χ2n) is 4.42. The lowest BCUT2D eigenvalue weighted by Gasteiger charge is -2.13. The van der Waals surface area contributed by atoms with Crippen LogP contribution in [0, 0.1) is 6.92 Å². The van der Waals surface area contributed by atoms with Gasteiger partial charge in [0, 0.05) is 11.6 Å². The van der Waals surface area contributed by atoms with E-state index in [4.69, 9.17) is 4.74 Å². The first-order valence-corrected chi connectivity index (χ1v) is 6.30. The van der Waals surface area contributed by atoms with E-state index in [2.05, 4.69) is 15.3 Å². The fourth-order valence-electron chi connectivity index (χ4n) is 1.63. The highest BCUT2D eigenvalue weighted by Gasteiger charge is 2.10. The third-order valence-corrected chi connectivity index (χ3v) is 2.90. The molecule has 0 aliphatic heterocycles. The Labute approximate surface area is 112 Å². The molecule has 0 aliphatic rings. The number of carbonyl (C=O) groups is 1. The molecular formula is C14H17N3O2. The summed E-state index contributed by atoms with van der Waals surface area (Å²) in [6, 6.07) is 5.59. The predicted octanol–water partition coefficient (Wildman–Crippen LogP) is 3.29. The number of aryl methyl sites for hydroxylation is 1. The Morgan fingerprint density at radius 1 is 1.53 bits per heavy atom. The van der Waals surface area contributed by atoms with E-state index in [-0.39, 0.29) is 6.10 Å². The molecule has 0 fully saturated rings. The maximum Gasteiger partial charge on any atom is 0.411 e. The van der Waals surface area contributed by atoms with E-state index in [1.165, 1.54) is 0 Å². The van der Waals surface area contributed by atoms with Gasteiger partial charge in [0.2, 0.25) is 0 Å². The molecule has 0 saturated heterocycles. The summed E-state index contributed by atoms with van der Waals surface area (Å²) < 4.78 is 5.18. The van der Waals surface area contributed by atoms with E-state index in [1.54, 1.807) is 6.20 Å². The van der Waals surface area contributed by atoms with Crippen LogP contribution in [0.25, 0.3) is 11.0 Å². The normalized spacial score (nSPS) is 12.2. The van der Waals surface area contributed by atoms with E-state index in [0.717, 1.165) is 11.8 Å². The average molecular weight is 259 g/mol. The highest BCUT2D eigenvalue weighted by Crippen LogP contribution is 2.19. The fourth-order valence-corrected chi connectivity index (χ4v) is 1.63. The van der Waals surface area contributed by atoms with Crippen molar-refractivity contribution >= 4 is 22.8 Å². The minimum atomic E-state index is -0.456. The maximum absolute atomic E-state index is 11.7. The molecule has 0 aromatic carbocycles. The zero-order chi connectivity index (χ0) is 13.8. The molecule has 0 radical (unpaired) electrons. The molecule has 0 aliphatic carbocycles. The second-order valence-corrected chi connectivity index (χ2v) is 4.42. The standard InChI is InChI=1S/C14H17N3O2/c1-4-9(2)19-14(18)17-12-8-11-6-5-7-15-13(11)16-10(12)3/h5-9H,4H2,1-3H3,(H,17,18). The van der Waals surface area contributed by atoms with E-state index >= 15 is 0 Å². The van der Waals surface area contributed by atoms with Gasteiger partial charge >= 0.3 is 6.09 Å². The van der Waals surface area contributed by atoms with Crippen LogP contribution in [0.2, 0.25) is 0 Å². The topological polar surface area (TPSA) is 64.1 Å². The summed E-state index contributed by atoms with van der Waals surface area (Å²) in [6.45, 7) is 5.65. The van der Waals surface area contributed by atoms with E-state index in [1.807, 2.05) is 39.0 Å². The predicted molar refractivity (Wildman–Crippen MR) is 74.1 cm³/mol. The Bertz CT molecular complexity index is 598.